The number of rotatable bonds is 7. The third-order valence-electron chi connectivity index (χ3n) is 4.14. The molecule has 1 amide bonds. The molecule has 134 valence electrons. The number of tetrazole rings is 1. The molecule has 7 nitrogen and oxygen atoms in total. The summed E-state index contributed by atoms with van der Waals surface area (Å²) in [6, 6.07) is 15.0. The Morgan fingerprint density at radius 1 is 1.23 bits per heavy atom. The number of aromatic nitrogens is 4. The third kappa shape index (κ3) is 3.88. The Bertz CT molecular complexity index is 864. The minimum Gasteiger partial charge on any atom is -0.496 e. The maximum Gasteiger partial charge on any atom is 0.232 e. The average molecular weight is 351 g/mol. The Kier molecular flexibility index (Phi) is 5.58. The number of nitrogens with zero attached hydrogens (tertiary/aromatic N) is 4. The number of ether oxygens (including phenoxy) is 1. The lowest BCUT2D eigenvalue weighted by Gasteiger charge is -2.19. The molecule has 0 aliphatic carbocycles. The molecule has 0 fully saturated rings. The van der Waals surface area contributed by atoms with Gasteiger partial charge in [-0.3, -0.25) is 4.79 Å². The molecule has 0 radical (unpaired) electrons. The molecule has 3 aromatic rings. The fourth-order valence-corrected chi connectivity index (χ4v) is 2.91. The molecule has 26 heavy (non-hydrogen) atoms. The lowest BCUT2D eigenvalue weighted by Crippen LogP contribution is -2.21. The molecule has 1 atom stereocenters. The molecule has 1 aromatic heterocycles. The fraction of sp³-hybridized carbons (Fsp3) is 0.263. The van der Waals surface area contributed by atoms with Crippen molar-refractivity contribution < 1.29 is 9.53 Å². The van der Waals surface area contributed by atoms with Crippen LogP contribution in [0.3, 0.4) is 0 Å². The lowest BCUT2D eigenvalue weighted by atomic mass is 9.92. The second-order valence-corrected chi connectivity index (χ2v) is 5.88. The van der Waals surface area contributed by atoms with E-state index in [-0.39, 0.29) is 11.8 Å². The van der Waals surface area contributed by atoms with Crippen molar-refractivity contribution in [3.63, 3.8) is 0 Å². The Hall–Kier alpha value is -3.22. The number of hydrogen-bond donors (Lipinski definition) is 1. The van der Waals surface area contributed by atoms with Crippen LogP contribution in [0.5, 0.6) is 5.75 Å². The van der Waals surface area contributed by atoms with Gasteiger partial charge in [-0.2, -0.15) is 0 Å². The maximum atomic E-state index is 13.0. The number of anilines is 1. The summed E-state index contributed by atoms with van der Waals surface area (Å²) in [4.78, 5) is 13.0. The van der Waals surface area contributed by atoms with Crippen LogP contribution in [-0.4, -0.2) is 33.2 Å². The molecule has 0 aliphatic rings. The quantitative estimate of drug-likeness (QED) is 0.707. The zero-order valence-electron chi connectivity index (χ0n) is 14.8. The molecule has 1 unspecified atom stereocenters. The van der Waals surface area contributed by atoms with Crippen molar-refractivity contribution in [3.8, 4) is 11.4 Å². The first-order valence-electron chi connectivity index (χ1n) is 8.50. The van der Waals surface area contributed by atoms with E-state index in [2.05, 4.69) is 27.8 Å². The van der Waals surface area contributed by atoms with E-state index in [0.717, 1.165) is 29.8 Å². The van der Waals surface area contributed by atoms with Gasteiger partial charge in [-0.15, -0.1) is 5.10 Å². The fourth-order valence-electron chi connectivity index (χ4n) is 2.91. The summed E-state index contributed by atoms with van der Waals surface area (Å²) in [6.07, 6.45) is 3.13. The second-order valence-electron chi connectivity index (χ2n) is 5.88. The number of hydrogen-bond acceptors (Lipinski definition) is 5. The van der Waals surface area contributed by atoms with Crippen LogP contribution < -0.4 is 10.1 Å². The van der Waals surface area contributed by atoms with Crippen LogP contribution in [0, 0.1) is 0 Å². The lowest BCUT2D eigenvalue weighted by molar-refractivity contribution is -0.117. The molecule has 0 saturated carbocycles. The van der Waals surface area contributed by atoms with Crippen LogP contribution >= 0.6 is 0 Å². The predicted molar refractivity (Wildman–Crippen MR) is 98.4 cm³/mol. The summed E-state index contributed by atoms with van der Waals surface area (Å²) >= 11 is 0. The molecular formula is C19H21N5O2. The van der Waals surface area contributed by atoms with Crippen molar-refractivity contribution in [2.75, 3.05) is 12.4 Å². The normalized spacial score (nSPS) is 11.8. The highest BCUT2D eigenvalue weighted by Gasteiger charge is 2.23. The van der Waals surface area contributed by atoms with Gasteiger partial charge in [-0.05, 0) is 41.1 Å². The second kappa shape index (κ2) is 8.24. The van der Waals surface area contributed by atoms with E-state index in [0.29, 0.717) is 5.69 Å². The van der Waals surface area contributed by atoms with Gasteiger partial charge in [0.05, 0.1) is 18.7 Å². The van der Waals surface area contributed by atoms with E-state index < -0.39 is 0 Å². The zero-order valence-corrected chi connectivity index (χ0v) is 14.8. The van der Waals surface area contributed by atoms with Gasteiger partial charge in [0.2, 0.25) is 5.91 Å². The van der Waals surface area contributed by atoms with Crippen molar-refractivity contribution in [1.82, 2.24) is 20.2 Å². The number of carbonyl (C=O) groups is 1. The van der Waals surface area contributed by atoms with E-state index in [4.69, 9.17) is 4.74 Å². The summed E-state index contributed by atoms with van der Waals surface area (Å²) in [5.41, 5.74) is 2.36. The van der Waals surface area contributed by atoms with Crippen LogP contribution in [0.15, 0.2) is 54.9 Å². The van der Waals surface area contributed by atoms with Crippen molar-refractivity contribution >= 4 is 11.6 Å². The minimum absolute atomic E-state index is 0.0646. The van der Waals surface area contributed by atoms with E-state index in [9.17, 15) is 4.79 Å². The van der Waals surface area contributed by atoms with E-state index >= 15 is 0 Å². The Morgan fingerprint density at radius 3 is 2.81 bits per heavy atom. The molecule has 0 bridgehead atoms. The van der Waals surface area contributed by atoms with Crippen LogP contribution in [0.25, 0.3) is 5.69 Å². The molecular weight excluding hydrogens is 330 g/mol. The van der Waals surface area contributed by atoms with Crippen LogP contribution in [0.4, 0.5) is 5.69 Å². The number of methoxy groups -OCH3 is 1. The summed E-state index contributed by atoms with van der Waals surface area (Å²) in [5, 5.41) is 14.1. The van der Waals surface area contributed by atoms with E-state index in [1.165, 1.54) is 6.33 Å². The van der Waals surface area contributed by atoms with Gasteiger partial charge in [0.1, 0.15) is 12.1 Å². The molecule has 0 spiro atoms. The van der Waals surface area contributed by atoms with Crippen molar-refractivity contribution in [1.29, 1.82) is 0 Å². The molecule has 0 saturated heterocycles. The molecule has 0 aliphatic heterocycles. The molecule has 3 rings (SSSR count). The Morgan fingerprint density at radius 2 is 2.08 bits per heavy atom. The highest BCUT2D eigenvalue weighted by Crippen LogP contribution is 2.31. The van der Waals surface area contributed by atoms with Gasteiger partial charge in [0, 0.05) is 11.3 Å². The van der Waals surface area contributed by atoms with Gasteiger partial charge in [-0.1, -0.05) is 37.6 Å². The summed E-state index contributed by atoms with van der Waals surface area (Å²) in [7, 11) is 1.62. The topological polar surface area (TPSA) is 81.9 Å². The largest absolute Gasteiger partial charge is 0.496 e. The predicted octanol–water partition coefficient (Wildman–Crippen LogP) is 3.19. The molecule has 7 heteroatoms. The standard InChI is InChI=1S/C19H21N5O2/c1-3-7-17(16-10-4-5-11-18(16)26-2)19(25)21-14-8-6-9-15(12-14)24-13-20-22-23-24/h4-6,8-13,17H,3,7H2,1-2H3,(H,21,25). The summed E-state index contributed by atoms with van der Waals surface area (Å²) in [5.74, 6) is 0.376. The van der Waals surface area contributed by atoms with E-state index in [1.807, 2.05) is 48.5 Å². The zero-order chi connectivity index (χ0) is 18.4. The van der Waals surface area contributed by atoms with Crippen molar-refractivity contribution in [2.24, 2.45) is 0 Å². The maximum absolute atomic E-state index is 13.0. The Labute approximate surface area is 152 Å². The number of carbonyl (C=O) groups excluding carboxylic acids is 1. The molecule has 1 N–H and O–H groups in total. The smallest absolute Gasteiger partial charge is 0.232 e. The minimum atomic E-state index is -0.284. The monoisotopic (exact) mass is 351 g/mol. The van der Waals surface area contributed by atoms with Crippen molar-refractivity contribution in [3.05, 3.63) is 60.4 Å². The van der Waals surface area contributed by atoms with Gasteiger partial charge >= 0.3 is 0 Å². The van der Waals surface area contributed by atoms with E-state index in [1.54, 1.807) is 11.8 Å². The molecule has 2 aromatic carbocycles. The summed E-state index contributed by atoms with van der Waals surface area (Å²) in [6.45, 7) is 2.06. The number of nitrogens with one attached hydrogen (secondary N) is 1. The third-order valence-corrected chi connectivity index (χ3v) is 4.14. The van der Waals surface area contributed by atoms with Crippen molar-refractivity contribution in [2.45, 2.75) is 25.7 Å². The highest BCUT2D eigenvalue weighted by molar-refractivity contribution is 5.96. The first kappa shape index (κ1) is 17.6. The molecule has 1 heterocycles. The Balaban J connectivity index is 1.84. The highest BCUT2D eigenvalue weighted by atomic mass is 16.5. The SMILES string of the molecule is CCCC(C(=O)Nc1cccc(-n2cnnn2)c1)c1ccccc1OC. The average Bonchev–Trinajstić information content (AvgIpc) is 3.21. The van der Waals surface area contributed by atoms with Gasteiger partial charge < -0.3 is 10.1 Å². The first-order chi connectivity index (χ1) is 12.7. The number of para-hydroxylation sites is 1. The summed E-state index contributed by atoms with van der Waals surface area (Å²) < 4.78 is 6.98. The number of benzene rings is 2. The number of amides is 1. The van der Waals surface area contributed by atoms with Gasteiger partial charge in [0.25, 0.3) is 0 Å². The van der Waals surface area contributed by atoms with Crippen LogP contribution in [0.2, 0.25) is 0 Å². The van der Waals surface area contributed by atoms with Crippen LogP contribution in [0.1, 0.15) is 31.2 Å². The van der Waals surface area contributed by atoms with Gasteiger partial charge in [0.15, 0.2) is 0 Å². The van der Waals surface area contributed by atoms with Gasteiger partial charge in [-0.25, -0.2) is 4.68 Å². The van der Waals surface area contributed by atoms with Crippen LogP contribution in [-0.2, 0) is 4.79 Å². The first-order valence-corrected chi connectivity index (χ1v) is 8.50.